The predicted molar refractivity (Wildman–Crippen MR) is 118 cm³/mol. The van der Waals surface area contributed by atoms with Gasteiger partial charge in [-0.2, -0.15) is 15.2 Å². The summed E-state index contributed by atoms with van der Waals surface area (Å²) < 4.78 is 15.4. The minimum Gasteiger partial charge on any atom is -0.393 e. The number of aliphatic hydroxyl groups excluding tert-OH is 1. The molecule has 1 aliphatic rings. The molecule has 0 spiro atoms. The van der Waals surface area contributed by atoms with Crippen molar-refractivity contribution in [2.24, 2.45) is 0 Å². The van der Waals surface area contributed by atoms with Gasteiger partial charge in [-0.25, -0.2) is 9.37 Å². The van der Waals surface area contributed by atoms with Crippen LogP contribution in [0.25, 0.3) is 10.9 Å². The first-order chi connectivity index (χ1) is 15.2. The Balaban J connectivity index is 1.87. The highest BCUT2D eigenvalue weighted by Gasteiger charge is 2.33. The molecule has 1 saturated carbocycles. The third-order valence-electron chi connectivity index (χ3n) is 5.42. The number of anilines is 3. The van der Waals surface area contributed by atoms with Crippen LogP contribution in [-0.2, 0) is 0 Å². The normalized spacial score (nSPS) is 18.6. The Morgan fingerprint density at radius 1 is 1.34 bits per heavy atom. The zero-order valence-corrected chi connectivity index (χ0v) is 18.0. The van der Waals surface area contributed by atoms with Crippen molar-refractivity contribution in [1.29, 1.82) is 5.26 Å². The molecule has 0 radical (unpaired) electrons. The van der Waals surface area contributed by atoms with Gasteiger partial charge >= 0.3 is 0 Å². The molecule has 1 aliphatic carbocycles. The lowest BCUT2D eigenvalue weighted by atomic mass is 9.89. The molecule has 0 unspecified atom stereocenters. The summed E-state index contributed by atoms with van der Waals surface area (Å²) in [5, 5.41) is 25.3. The van der Waals surface area contributed by atoms with E-state index in [1.54, 1.807) is 14.0 Å². The number of benzene rings is 1. The summed E-state index contributed by atoms with van der Waals surface area (Å²) in [7, 11) is 1.60. The Morgan fingerprint density at radius 2 is 2.03 bits per heavy atom. The number of nitrogens with one attached hydrogen (secondary N) is 2. The van der Waals surface area contributed by atoms with Crippen LogP contribution in [0.2, 0.25) is 5.02 Å². The molecule has 12 heteroatoms. The third kappa shape index (κ3) is 3.68. The fourth-order valence-electron chi connectivity index (χ4n) is 3.81. The van der Waals surface area contributed by atoms with Gasteiger partial charge in [0.25, 0.3) is 5.56 Å². The number of hydrogen-bond donors (Lipinski definition) is 4. The summed E-state index contributed by atoms with van der Waals surface area (Å²) in [5.41, 5.74) is 5.61. The van der Waals surface area contributed by atoms with Gasteiger partial charge in [0, 0.05) is 13.1 Å². The zero-order chi connectivity index (χ0) is 23.2. The van der Waals surface area contributed by atoms with Crippen molar-refractivity contribution in [3.63, 3.8) is 0 Å². The molecule has 0 aliphatic heterocycles. The SMILES string of the molecule is CNc1nc(N)nc(N[C@@H](C)c2nc3c(Cl)cc(F)cc3c(=O)n2C2CC(O)C2)c1C#N. The van der Waals surface area contributed by atoms with Gasteiger partial charge in [-0.3, -0.25) is 9.36 Å². The predicted octanol–water partition coefficient (Wildman–Crippen LogP) is 2.34. The van der Waals surface area contributed by atoms with Crippen molar-refractivity contribution in [2.75, 3.05) is 23.4 Å². The molecule has 1 aromatic carbocycles. The number of aromatic nitrogens is 4. The maximum atomic E-state index is 13.9. The quantitative estimate of drug-likeness (QED) is 0.450. The summed E-state index contributed by atoms with van der Waals surface area (Å²) in [4.78, 5) is 26.0. The van der Waals surface area contributed by atoms with Crippen LogP contribution in [0.4, 0.5) is 22.0 Å². The summed E-state index contributed by atoms with van der Waals surface area (Å²) in [6.07, 6.45) is 0.202. The first-order valence-corrected chi connectivity index (χ1v) is 10.2. The van der Waals surface area contributed by atoms with Crippen molar-refractivity contribution in [3.05, 3.63) is 44.7 Å². The Morgan fingerprint density at radius 3 is 2.66 bits per heavy atom. The van der Waals surface area contributed by atoms with E-state index < -0.39 is 23.5 Å². The van der Waals surface area contributed by atoms with Crippen LogP contribution in [0.5, 0.6) is 0 Å². The van der Waals surface area contributed by atoms with E-state index in [2.05, 4.69) is 25.6 Å². The molecule has 166 valence electrons. The first-order valence-electron chi connectivity index (χ1n) is 9.84. The molecule has 2 heterocycles. The fourth-order valence-corrected chi connectivity index (χ4v) is 4.06. The molecule has 2 aromatic heterocycles. The van der Waals surface area contributed by atoms with E-state index in [1.165, 1.54) is 4.57 Å². The van der Waals surface area contributed by atoms with Gasteiger partial charge in [0.2, 0.25) is 5.95 Å². The number of aliphatic hydroxyl groups is 1. The van der Waals surface area contributed by atoms with Gasteiger partial charge in [0.1, 0.15) is 23.3 Å². The average Bonchev–Trinajstić information content (AvgIpc) is 2.71. The number of halogens is 2. The highest BCUT2D eigenvalue weighted by atomic mass is 35.5. The minimum atomic E-state index is -0.643. The molecule has 5 N–H and O–H groups in total. The van der Waals surface area contributed by atoms with Gasteiger partial charge in [0.05, 0.1) is 28.1 Å². The van der Waals surface area contributed by atoms with Crippen molar-refractivity contribution in [2.45, 2.75) is 38.0 Å². The standard InChI is InChI=1S/C20H20ClFN8O2/c1-8(26-17-13(7-23)16(25-2)28-20(24)29-17)18-27-15-12(3-9(22)4-14(15)21)19(32)30(18)10-5-11(31)6-10/h3-4,8,10-11,31H,5-6H2,1-2H3,(H4,24,25,26,28,29)/t8-,10?,11?/m0/s1. The Hall–Kier alpha value is -3.49. The van der Waals surface area contributed by atoms with Crippen LogP contribution in [0.15, 0.2) is 16.9 Å². The molecular formula is C20H20ClFN8O2. The number of nitrogens with two attached hydrogens (primary N) is 1. The number of nitrogens with zero attached hydrogens (tertiary/aromatic N) is 5. The van der Waals surface area contributed by atoms with E-state index in [9.17, 15) is 19.6 Å². The van der Waals surface area contributed by atoms with Crippen LogP contribution >= 0.6 is 11.6 Å². The number of fused-ring (bicyclic) bond motifs is 1. The topological polar surface area (TPSA) is 155 Å². The fraction of sp³-hybridized carbons (Fsp3) is 0.350. The molecule has 4 rings (SSSR count). The van der Waals surface area contributed by atoms with Crippen molar-refractivity contribution < 1.29 is 9.50 Å². The van der Waals surface area contributed by atoms with E-state index >= 15 is 0 Å². The monoisotopic (exact) mass is 458 g/mol. The number of hydrogen-bond acceptors (Lipinski definition) is 9. The molecule has 0 saturated heterocycles. The summed E-state index contributed by atoms with van der Waals surface area (Å²) in [6.45, 7) is 1.73. The van der Waals surface area contributed by atoms with E-state index in [0.29, 0.717) is 18.7 Å². The molecule has 10 nitrogen and oxygen atoms in total. The van der Waals surface area contributed by atoms with Gasteiger partial charge < -0.3 is 21.5 Å². The largest absolute Gasteiger partial charge is 0.393 e. The van der Waals surface area contributed by atoms with Gasteiger partial charge in [-0.1, -0.05) is 11.6 Å². The summed E-state index contributed by atoms with van der Waals surface area (Å²) in [6, 6.07) is 3.28. The Labute approximate surface area is 186 Å². The lowest BCUT2D eigenvalue weighted by Gasteiger charge is -2.35. The number of nitrogen functional groups attached to an aromatic ring is 1. The van der Waals surface area contributed by atoms with Gasteiger partial charge in [-0.05, 0) is 31.9 Å². The van der Waals surface area contributed by atoms with Crippen molar-refractivity contribution in [1.82, 2.24) is 19.5 Å². The van der Waals surface area contributed by atoms with Crippen LogP contribution in [0, 0.1) is 17.1 Å². The highest BCUT2D eigenvalue weighted by Crippen LogP contribution is 2.35. The minimum absolute atomic E-state index is 0.00723. The van der Waals surface area contributed by atoms with E-state index in [1.807, 2.05) is 6.07 Å². The van der Waals surface area contributed by atoms with Gasteiger partial charge in [0.15, 0.2) is 11.6 Å². The second kappa shape index (κ2) is 8.22. The van der Waals surface area contributed by atoms with Crippen molar-refractivity contribution in [3.8, 4) is 6.07 Å². The molecule has 32 heavy (non-hydrogen) atoms. The lowest BCUT2D eigenvalue weighted by molar-refractivity contribution is 0.0454. The number of nitriles is 1. The average molecular weight is 459 g/mol. The lowest BCUT2D eigenvalue weighted by Crippen LogP contribution is -2.40. The summed E-state index contributed by atoms with van der Waals surface area (Å²) >= 11 is 6.18. The molecule has 0 amide bonds. The van der Waals surface area contributed by atoms with Crippen LogP contribution in [-0.4, -0.2) is 37.8 Å². The van der Waals surface area contributed by atoms with Crippen LogP contribution < -0.4 is 21.9 Å². The van der Waals surface area contributed by atoms with E-state index in [-0.39, 0.29) is 45.1 Å². The highest BCUT2D eigenvalue weighted by molar-refractivity contribution is 6.35. The molecule has 0 bridgehead atoms. The second-order valence-electron chi connectivity index (χ2n) is 7.59. The molecule has 3 aromatic rings. The first kappa shape index (κ1) is 21.7. The second-order valence-corrected chi connectivity index (χ2v) is 8.00. The van der Waals surface area contributed by atoms with Gasteiger partial charge in [-0.15, -0.1) is 0 Å². The third-order valence-corrected chi connectivity index (χ3v) is 5.71. The van der Waals surface area contributed by atoms with Crippen molar-refractivity contribution >= 4 is 40.1 Å². The Bertz CT molecular complexity index is 1320. The zero-order valence-electron chi connectivity index (χ0n) is 17.2. The molecule has 1 fully saturated rings. The summed E-state index contributed by atoms with van der Waals surface area (Å²) in [5.74, 6) is 0.0264. The number of rotatable bonds is 5. The van der Waals surface area contributed by atoms with E-state index in [4.69, 9.17) is 17.3 Å². The molecule has 1 atom stereocenters. The Kier molecular flexibility index (Phi) is 5.58. The smallest absolute Gasteiger partial charge is 0.261 e. The van der Waals surface area contributed by atoms with E-state index in [0.717, 1.165) is 12.1 Å². The maximum absolute atomic E-state index is 13.9. The van der Waals surface area contributed by atoms with Crippen LogP contribution in [0.1, 0.15) is 43.2 Å². The maximum Gasteiger partial charge on any atom is 0.261 e. The molecular weight excluding hydrogens is 439 g/mol. The van der Waals surface area contributed by atoms with Crippen LogP contribution in [0.3, 0.4) is 0 Å².